The van der Waals surface area contributed by atoms with E-state index in [1.54, 1.807) is 0 Å². The fourth-order valence-corrected chi connectivity index (χ4v) is 1.60. The van der Waals surface area contributed by atoms with Crippen LogP contribution in [0.3, 0.4) is 0 Å². The van der Waals surface area contributed by atoms with E-state index < -0.39 is 0 Å². The topological polar surface area (TPSA) is 50.4 Å². The number of unbranched alkanes of at least 4 members (excludes halogenated alkanes) is 1. The summed E-state index contributed by atoms with van der Waals surface area (Å²) in [6.45, 7) is 7.36. The first kappa shape index (κ1) is 14.4. The third-order valence-electron chi connectivity index (χ3n) is 2.55. The van der Waals surface area contributed by atoms with E-state index >= 15 is 0 Å². The molecule has 18 heavy (non-hydrogen) atoms. The summed E-state index contributed by atoms with van der Waals surface area (Å²) < 4.78 is 5.45. The molecule has 1 rings (SSSR count). The Morgan fingerprint density at radius 2 is 2.11 bits per heavy atom. The zero-order chi connectivity index (χ0) is 13.4. The molecule has 0 aromatic heterocycles. The smallest absolute Gasteiger partial charge is 0.319 e. The summed E-state index contributed by atoms with van der Waals surface area (Å²) >= 11 is 0. The Hall–Kier alpha value is -1.71. The van der Waals surface area contributed by atoms with Crippen molar-refractivity contribution in [1.82, 2.24) is 5.32 Å². The maximum atomic E-state index is 11.6. The molecule has 0 unspecified atom stereocenters. The van der Waals surface area contributed by atoms with Crippen LogP contribution in [0.1, 0.15) is 32.3 Å². The van der Waals surface area contributed by atoms with Crippen LogP contribution in [0.2, 0.25) is 0 Å². The average molecular weight is 250 g/mol. The summed E-state index contributed by atoms with van der Waals surface area (Å²) in [5.41, 5.74) is 1.80. The lowest BCUT2D eigenvalue weighted by Crippen LogP contribution is -2.29. The number of rotatable bonds is 6. The molecular weight excluding hydrogens is 228 g/mol. The van der Waals surface area contributed by atoms with Crippen molar-refractivity contribution >= 4 is 11.7 Å². The molecule has 0 fully saturated rings. The highest BCUT2D eigenvalue weighted by Gasteiger charge is 2.03. The zero-order valence-corrected chi connectivity index (χ0v) is 11.4. The molecule has 0 aliphatic carbocycles. The number of carbonyl (C=O) groups excluding carboxylic acids is 1. The Morgan fingerprint density at radius 1 is 1.33 bits per heavy atom. The van der Waals surface area contributed by atoms with Gasteiger partial charge in [-0.3, -0.25) is 0 Å². The van der Waals surface area contributed by atoms with Crippen LogP contribution in [0.15, 0.2) is 18.2 Å². The van der Waals surface area contributed by atoms with E-state index in [-0.39, 0.29) is 6.03 Å². The number of aryl methyl sites for hydroxylation is 1. The van der Waals surface area contributed by atoms with Crippen molar-refractivity contribution in [1.29, 1.82) is 0 Å². The monoisotopic (exact) mass is 250 g/mol. The summed E-state index contributed by atoms with van der Waals surface area (Å²) in [6.07, 6.45) is 2.07. The predicted octanol–water partition coefficient (Wildman–Crippen LogP) is 3.32. The molecule has 2 amide bonds. The molecule has 0 saturated heterocycles. The molecule has 0 atom stereocenters. The first-order chi connectivity index (χ1) is 8.67. The van der Waals surface area contributed by atoms with E-state index in [1.807, 2.05) is 32.0 Å². The minimum Gasteiger partial charge on any atom is -0.494 e. The molecule has 1 aromatic rings. The number of urea groups is 1. The van der Waals surface area contributed by atoms with Gasteiger partial charge in [0.25, 0.3) is 0 Å². The van der Waals surface area contributed by atoms with Crippen LogP contribution in [0.4, 0.5) is 10.5 Å². The molecule has 0 radical (unpaired) electrons. The van der Waals surface area contributed by atoms with E-state index in [9.17, 15) is 4.79 Å². The van der Waals surface area contributed by atoms with Crippen molar-refractivity contribution in [2.45, 2.75) is 33.6 Å². The van der Waals surface area contributed by atoms with Gasteiger partial charge in [-0.25, -0.2) is 4.79 Å². The maximum absolute atomic E-state index is 11.6. The van der Waals surface area contributed by atoms with Crippen molar-refractivity contribution < 1.29 is 9.53 Å². The highest BCUT2D eigenvalue weighted by molar-refractivity contribution is 5.89. The van der Waals surface area contributed by atoms with Crippen LogP contribution in [0.5, 0.6) is 5.75 Å². The largest absolute Gasteiger partial charge is 0.494 e. The Kier molecular flexibility index (Phi) is 6.05. The van der Waals surface area contributed by atoms with Gasteiger partial charge in [-0.15, -0.1) is 0 Å². The average Bonchev–Trinajstić information content (AvgIpc) is 2.33. The lowest BCUT2D eigenvalue weighted by atomic mass is 10.2. The fourth-order valence-electron chi connectivity index (χ4n) is 1.60. The molecule has 4 heteroatoms. The van der Waals surface area contributed by atoms with Crippen molar-refractivity contribution in [3.8, 4) is 5.75 Å². The Morgan fingerprint density at radius 3 is 2.72 bits per heavy atom. The molecule has 0 saturated carbocycles. The summed E-state index contributed by atoms with van der Waals surface area (Å²) in [6, 6.07) is 5.47. The maximum Gasteiger partial charge on any atom is 0.319 e. The molecule has 0 heterocycles. The lowest BCUT2D eigenvalue weighted by molar-refractivity contribution is 0.252. The summed E-state index contributed by atoms with van der Waals surface area (Å²) in [7, 11) is 0. The molecule has 2 N–H and O–H groups in total. The van der Waals surface area contributed by atoms with Gasteiger partial charge in [0.1, 0.15) is 5.75 Å². The van der Waals surface area contributed by atoms with Crippen LogP contribution in [0, 0.1) is 6.92 Å². The van der Waals surface area contributed by atoms with Gasteiger partial charge in [0.05, 0.1) is 6.61 Å². The summed E-state index contributed by atoms with van der Waals surface area (Å²) in [5.74, 6) is 0.856. The molecule has 1 aromatic carbocycles. The molecule has 100 valence electrons. The second kappa shape index (κ2) is 7.58. The first-order valence-electron chi connectivity index (χ1n) is 6.45. The van der Waals surface area contributed by atoms with E-state index in [2.05, 4.69) is 17.6 Å². The first-order valence-corrected chi connectivity index (χ1v) is 6.45. The van der Waals surface area contributed by atoms with Crippen molar-refractivity contribution in [3.05, 3.63) is 23.8 Å². The number of amides is 2. The van der Waals surface area contributed by atoms with Gasteiger partial charge >= 0.3 is 6.03 Å². The Labute approximate surface area is 109 Å². The van der Waals surface area contributed by atoms with Gasteiger partial charge in [-0.1, -0.05) is 13.3 Å². The van der Waals surface area contributed by atoms with Gasteiger partial charge in [-0.2, -0.15) is 0 Å². The number of nitrogens with one attached hydrogen (secondary N) is 2. The van der Waals surface area contributed by atoms with E-state index in [4.69, 9.17) is 4.74 Å². The summed E-state index contributed by atoms with van der Waals surface area (Å²) in [4.78, 5) is 11.6. The zero-order valence-electron chi connectivity index (χ0n) is 11.4. The minimum absolute atomic E-state index is 0.160. The molecule has 4 nitrogen and oxygen atoms in total. The standard InChI is InChI=1S/C14H22N2O2/c1-4-6-9-15-14(17)16-12-7-8-13(18-5-2)11(3)10-12/h7-8,10H,4-6,9H2,1-3H3,(H2,15,16,17). The van der Waals surface area contributed by atoms with Gasteiger partial charge < -0.3 is 15.4 Å². The van der Waals surface area contributed by atoms with Crippen LogP contribution in [-0.2, 0) is 0 Å². The second-order valence-electron chi connectivity index (χ2n) is 4.15. The van der Waals surface area contributed by atoms with E-state index in [1.165, 1.54) is 0 Å². The number of carbonyl (C=O) groups is 1. The van der Waals surface area contributed by atoms with Crippen molar-refractivity contribution in [2.24, 2.45) is 0 Å². The van der Waals surface area contributed by atoms with Gasteiger partial charge in [0.15, 0.2) is 0 Å². The number of benzene rings is 1. The fraction of sp³-hybridized carbons (Fsp3) is 0.500. The van der Waals surface area contributed by atoms with E-state index in [0.29, 0.717) is 13.2 Å². The highest BCUT2D eigenvalue weighted by Crippen LogP contribution is 2.21. The number of anilines is 1. The summed E-state index contributed by atoms with van der Waals surface area (Å²) in [5, 5.41) is 5.62. The second-order valence-corrected chi connectivity index (χ2v) is 4.15. The van der Waals surface area contributed by atoms with Crippen molar-refractivity contribution in [3.63, 3.8) is 0 Å². The lowest BCUT2D eigenvalue weighted by Gasteiger charge is -2.10. The van der Waals surface area contributed by atoms with Crippen molar-refractivity contribution in [2.75, 3.05) is 18.5 Å². The van der Waals surface area contributed by atoms with Gasteiger partial charge in [0, 0.05) is 12.2 Å². The molecule has 0 aliphatic heterocycles. The SMILES string of the molecule is CCCCNC(=O)Nc1ccc(OCC)c(C)c1. The quantitative estimate of drug-likeness (QED) is 0.761. The van der Waals surface area contributed by atoms with Gasteiger partial charge in [-0.05, 0) is 44.0 Å². The van der Waals surface area contributed by atoms with Crippen LogP contribution in [0.25, 0.3) is 0 Å². The Bertz CT molecular complexity index is 391. The predicted molar refractivity (Wildman–Crippen MR) is 74.3 cm³/mol. The highest BCUT2D eigenvalue weighted by atomic mass is 16.5. The number of hydrogen-bond acceptors (Lipinski definition) is 2. The molecule has 0 aliphatic rings. The molecule has 0 spiro atoms. The number of hydrogen-bond donors (Lipinski definition) is 2. The Balaban J connectivity index is 2.52. The van der Waals surface area contributed by atoms with Crippen LogP contribution >= 0.6 is 0 Å². The normalized spacial score (nSPS) is 9.94. The van der Waals surface area contributed by atoms with Crippen LogP contribution in [-0.4, -0.2) is 19.2 Å². The molecule has 0 bridgehead atoms. The van der Waals surface area contributed by atoms with Crippen LogP contribution < -0.4 is 15.4 Å². The molecular formula is C14H22N2O2. The number of ether oxygens (including phenoxy) is 1. The third kappa shape index (κ3) is 4.65. The third-order valence-corrected chi connectivity index (χ3v) is 2.55. The minimum atomic E-state index is -0.160. The van der Waals surface area contributed by atoms with Gasteiger partial charge in [0.2, 0.25) is 0 Å². The van der Waals surface area contributed by atoms with E-state index in [0.717, 1.165) is 29.8 Å².